The molecule has 0 bridgehead atoms. The van der Waals surface area contributed by atoms with Crippen molar-refractivity contribution in [3.8, 4) is 0 Å². The van der Waals surface area contributed by atoms with Gasteiger partial charge in [0.2, 0.25) is 5.91 Å². The summed E-state index contributed by atoms with van der Waals surface area (Å²) >= 11 is 5.31. The Balaban J connectivity index is 1.80. The fraction of sp³-hybridized carbons (Fsp3) is 0.667. The van der Waals surface area contributed by atoms with Crippen LogP contribution < -0.4 is 0 Å². The number of piperidine rings is 1. The van der Waals surface area contributed by atoms with E-state index in [1.54, 1.807) is 0 Å². The summed E-state index contributed by atoms with van der Waals surface area (Å²) in [5.74, 6) is 1.18. The Morgan fingerprint density at radius 1 is 1.42 bits per heavy atom. The molecule has 0 spiro atoms. The van der Waals surface area contributed by atoms with Crippen LogP contribution in [-0.2, 0) is 18.4 Å². The maximum Gasteiger partial charge on any atom is 0.229 e. The van der Waals surface area contributed by atoms with Crippen LogP contribution in [-0.4, -0.2) is 48.4 Å². The Labute approximate surface area is 159 Å². The van der Waals surface area contributed by atoms with E-state index >= 15 is 0 Å². The van der Waals surface area contributed by atoms with Crippen LogP contribution in [0.3, 0.4) is 0 Å². The molecule has 1 aliphatic heterocycles. The van der Waals surface area contributed by atoms with Gasteiger partial charge in [-0.1, -0.05) is 0 Å². The number of rotatable bonds is 4. The molecule has 7 nitrogen and oxygen atoms in total. The van der Waals surface area contributed by atoms with Gasteiger partial charge >= 0.3 is 0 Å². The number of hydrogen-bond acceptors (Lipinski definition) is 4. The number of hydrogen-bond donors (Lipinski definition) is 1. The summed E-state index contributed by atoms with van der Waals surface area (Å²) < 4.78 is 4.54. The Morgan fingerprint density at radius 2 is 2.15 bits per heavy atom. The van der Waals surface area contributed by atoms with Crippen molar-refractivity contribution in [3.63, 3.8) is 0 Å². The van der Waals surface area contributed by atoms with Gasteiger partial charge in [-0.15, -0.1) is 0 Å². The van der Waals surface area contributed by atoms with E-state index in [2.05, 4.69) is 22.2 Å². The van der Waals surface area contributed by atoms with Crippen LogP contribution >= 0.6 is 12.2 Å². The molecule has 2 unspecified atom stereocenters. The molecule has 1 amide bonds. The summed E-state index contributed by atoms with van der Waals surface area (Å²) in [6.07, 6.45) is 2.01. The molecule has 3 heterocycles. The number of H-pyrrole nitrogens is 1. The maximum atomic E-state index is 13.2. The van der Waals surface area contributed by atoms with Gasteiger partial charge in [0.1, 0.15) is 5.82 Å². The first-order chi connectivity index (χ1) is 12.3. The first kappa shape index (κ1) is 18.8. The number of nitrogens with one attached hydrogen (secondary N) is 1. The van der Waals surface area contributed by atoms with Gasteiger partial charge in [-0.2, -0.15) is 10.2 Å². The molecule has 1 N–H and O–H groups in total. The average Bonchev–Trinajstić information content (AvgIpc) is 3.12. The molecule has 142 valence electrons. The molecule has 0 saturated carbocycles. The minimum absolute atomic E-state index is 0.172. The third-order valence-corrected chi connectivity index (χ3v) is 5.88. The Bertz CT molecular complexity index is 864. The summed E-state index contributed by atoms with van der Waals surface area (Å²) in [5, 5.41) is 11.8. The molecule has 1 saturated heterocycles. The molecule has 2 atom stereocenters. The van der Waals surface area contributed by atoms with Gasteiger partial charge in [0.05, 0.1) is 11.6 Å². The standard InChI is InChI=1S/C18H28N6OS/c1-6-24-16(19-20-18(24)26)14-8-7-9-23(10-14)17(25)11(2)15-12(3)21-22(5)13(15)4/h11,14H,6-10H2,1-5H3,(H,20,26). The highest BCUT2D eigenvalue weighted by molar-refractivity contribution is 7.71. The van der Waals surface area contributed by atoms with Crippen molar-refractivity contribution in [2.75, 3.05) is 13.1 Å². The molecule has 0 aliphatic carbocycles. The van der Waals surface area contributed by atoms with Crippen LogP contribution in [0.4, 0.5) is 0 Å². The lowest BCUT2D eigenvalue weighted by atomic mass is 9.93. The zero-order valence-electron chi connectivity index (χ0n) is 16.2. The van der Waals surface area contributed by atoms with Crippen LogP contribution in [0.25, 0.3) is 0 Å². The molecule has 1 aliphatic rings. The van der Waals surface area contributed by atoms with Crippen LogP contribution in [0.15, 0.2) is 0 Å². The van der Waals surface area contributed by atoms with E-state index in [1.807, 2.05) is 42.0 Å². The molecule has 2 aromatic rings. The van der Waals surface area contributed by atoms with Crippen molar-refractivity contribution in [2.24, 2.45) is 7.05 Å². The first-order valence-electron chi connectivity index (χ1n) is 9.29. The van der Waals surface area contributed by atoms with Crippen LogP contribution in [0.2, 0.25) is 0 Å². The van der Waals surface area contributed by atoms with E-state index in [4.69, 9.17) is 12.2 Å². The number of carbonyl (C=O) groups excluding carboxylic acids is 1. The molecule has 0 radical (unpaired) electrons. The van der Waals surface area contributed by atoms with E-state index in [-0.39, 0.29) is 17.7 Å². The van der Waals surface area contributed by atoms with Gasteiger partial charge < -0.3 is 9.47 Å². The number of nitrogens with zero attached hydrogens (tertiary/aromatic N) is 5. The van der Waals surface area contributed by atoms with Gasteiger partial charge in [0, 0.05) is 43.9 Å². The van der Waals surface area contributed by atoms with E-state index in [1.165, 1.54) is 0 Å². The Morgan fingerprint density at radius 3 is 2.77 bits per heavy atom. The molecular formula is C18H28N6OS. The van der Waals surface area contributed by atoms with Gasteiger partial charge in [-0.3, -0.25) is 14.6 Å². The minimum atomic E-state index is -0.186. The van der Waals surface area contributed by atoms with Gasteiger partial charge in [0.15, 0.2) is 4.77 Å². The minimum Gasteiger partial charge on any atom is -0.341 e. The number of aryl methyl sites for hydroxylation is 2. The van der Waals surface area contributed by atoms with Crippen molar-refractivity contribution >= 4 is 18.1 Å². The van der Waals surface area contributed by atoms with Crippen molar-refractivity contribution in [1.82, 2.24) is 29.4 Å². The highest BCUT2D eigenvalue weighted by Gasteiger charge is 2.32. The van der Waals surface area contributed by atoms with Crippen LogP contribution in [0.1, 0.15) is 61.3 Å². The van der Waals surface area contributed by atoms with Crippen molar-refractivity contribution < 1.29 is 4.79 Å². The third-order valence-electron chi connectivity index (χ3n) is 5.57. The molecule has 8 heteroatoms. The molecule has 1 fully saturated rings. The topological polar surface area (TPSA) is 71.7 Å². The summed E-state index contributed by atoms with van der Waals surface area (Å²) in [7, 11) is 1.92. The first-order valence-corrected chi connectivity index (χ1v) is 9.69. The van der Waals surface area contributed by atoms with E-state index in [0.717, 1.165) is 48.7 Å². The van der Waals surface area contributed by atoms with Crippen molar-refractivity contribution in [2.45, 2.75) is 58.9 Å². The zero-order valence-corrected chi connectivity index (χ0v) is 17.1. The largest absolute Gasteiger partial charge is 0.341 e. The fourth-order valence-electron chi connectivity index (χ4n) is 4.15. The van der Waals surface area contributed by atoms with Gasteiger partial charge in [0.25, 0.3) is 0 Å². The lowest BCUT2D eigenvalue weighted by Gasteiger charge is -2.34. The highest BCUT2D eigenvalue weighted by Crippen LogP contribution is 2.30. The van der Waals surface area contributed by atoms with Crippen LogP contribution in [0, 0.1) is 18.6 Å². The number of carbonyl (C=O) groups is 1. The van der Waals surface area contributed by atoms with E-state index < -0.39 is 0 Å². The number of amides is 1. The Hall–Kier alpha value is -1.96. The van der Waals surface area contributed by atoms with Gasteiger partial charge in [-0.05, 0) is 52.8 Å². The predicted molar refractivity (Wildman–Crippen MR) is 103 cm³/mol. The fourth-order valence-corrected chi connectivity index (χ4v) is 4.42. The molecular weight excluding hydrogens is 348 g/mol. The number of aromatic amines is 1. The monoisotopic (exact) mass is 376 g/mol. The Kier molecular flexibility index (Phi) is 5.32. The SMILES string of the molecule is CCn1c(C2CCCN(C(=O)C(C)c3c(C)nn(C)c3C)C2)n[nH]c1=S. The summed E-state index contributed by atoms with van der Waals surface area (Å²) in [6, 6.07) is 0. The van der Waals surface area contributed by atoms with Crippen molar-refractivity contribution in [1.29, 1.82) is 0 Å². The second-order valence-electron chi connectivity index (χ2n) is 7.18. The normalized spacial score (nSPS) is 19.0. The third kappa shape index (κ3) is 3.22. The smallest absolute Gasteiger partial charge is 0.229 e. The predicted octanol–water partition coefficient (Wildman–Crippen LogP) is 2.82. The zero-order chi connectivity index (χ0) is 19.0. The maximum absolute atomic E-state index is 13.2. The molecule has 2 aromatic heterocycles. The lowest BCUT2D eigenvalue weighted by molar-refractivity contribution is -0.133. The highest BCUT2D eigenvalue weighted by atomic mass is 32.1. The van der Waals surface area contributed by atoms with Crippen molar-refractivity contribution in [3.05, 3.63) is 27.5 Å². The van der Waals surface area contributed by atoms with Crippen LogP contribution in [0.5, 0.6) is 0 Å². The lowest BCUT2D eigenvalue weighted by Crippen LogP contribution is -2.41. The van der Waals surface area contributed by atoms with E-state index in [0.29, 0.717) is 11.3 Å². The molecule has 3 rings (SSSR count). The molecule has 26 heavy (non-hydrogen) atoms. The summed E-state index contributed by atoms with van der Waals surface area (Å²) in [4.78, 5) is 15.2. The van der Waals surface area contributed by atoms with E-state index in [9.17, 15) is 4.79 Å². The van der Waals surface area contributed by atoms with Gasteiger partial charge in [-0.25, -0.2) is 0 Å². The summed E-state index contributed by atoms with van der Waals surface area (Å²) in [5.41, 5.74) is 3.05. The number of likely N-dealkylation sites (tertiary alicyclic amines) is 1. The second-order valence-corrected chi connectivity index (χ2v) is 7.57. The average molecular weight is 377 g/mol. The molecule has 0 aromatic carbocycles. The number of aromatic nitrogens is 5. The summed E-state index contributed by atoms with van der Waals surface area (Å²) in [6.45, 7) is 10.3. The quantitative estimate of drug-likeness (QED) is 0.833. The second kappa shape index (κ2) is 7.34.